The molecule has 1 aromatic heterocycles. The predicted molar refractivity (Wildman–Crippen MR) is 95.5 cm³/mol. The van der Waals surface area contributed by atoms with E-state index in [4.69, 9.17) is 5.73 Å². The second kappa shape index (κ2) is 7.77. The molecule has 1 atom stereocenters. The number of likely N-dealkylation sites (tertiary alicyclic amines) is 1. The molecule has 2 aromatic rings. The number of aromatic nitrogens is 1. The van der Waals surface area contributed by atoms with Crippen molar-refractivity contribution in [1.82, 2.24) is 15.2 Å². The third-order valence-electron chi connectivity index (χ3n) is 4.50. The maximum absolute atomic E-state index is 12.2. The number of anilines is 1. The summed E-state index contributed by atoms with van der Waals surface area (Å²) in [5.41, 5.74) is 7.93. The van der Waals surface area contributed by atoms with Crippen molar-refractivity contribution in [3.05, 3.63) is 59.3 Å². The van der Waals surface area contributed by atoms with Gasteiger partial charge in [0.25, 0.3) is 5.91 Å². The molecule has 1 amide bonds. The van der Waals surface area contributed by atoms with E-state index in [-0.39, 0.29) is 5.91 Å². The van der Waals surface area contributed by atoms with E-state index in [0.717, 1.165) is 37.2 Å². The summed E-state index contributed by atoms with van der Waals surface area (Å²) in [6.45, 7) is 3.30. The summed E-state index contributed by atoms with van der Waals surface area (Å²) in [4.78, 5) is 18.4. The minimum Gasteiger partial charge on any atom is -0.384 e. The summed E-state index contributed by atoms with van der Waals surface area (Å²) in [7, 11) is 0. The molecule has 1 aromatic carbocycles. The molecule has 6 heteroatoms. The van der Waals surface area contributed by atoms with E-state index < -0.39 is 0 Å². The van der Waals surface area contributed by atoms with Crippen molar-refractivity contribution in [3.8, 4) is 6.07 Å². The predicted octanol–water partition coefficient (Wildman–Crippen LogP) is 1.79. The second-order valence-corrected chi connectivity index (χ2v) is 6.34. The first kappa shape index (κ1) is 16.9. The molecular weight excluding hydrogens is 314 g/mol. The van der Waals surface area contributed by atoms with E-state index in [1.165, 1.54) is 6.20 Å². The lowest BCUT2D eigenvalue weighted by atomic mass is 10.1. The fraction of sp³-hybridized carbons (Fsp3) is 0.316. The number of hydrogen-bond donors (Lipinski definition) is 2. The summed E-state index contributed by atoms with van der Waals surface area (Å²) >= 11 is 0. The van der Waals surface area contributed by atoms with Gasteiger partial charge in [0.05, 0.1) is 11.6 Å². The van der Waals surface area contributed by atoms with Gasteiger partial charge in [0.1, 0.15) is 5.82 Å². The Balaban J connectivity index is 1.50. The maximum atomic E-state index is 12.2. The third kappa shape index (κ3) is 4.34. The number of pyridine rings is 1. The van der Waals surface area contributed by atoms with Gasteiger partial charge in [-0.1, -0.05) is 18.2 Å². The molecule has 0 radical (unpaired) electrons. The summed E-state index contributed by atoms with van der Waals surface area (Å²) in [5.74, 6) is 0.635. The average Bonchev–Trinajstić information content (AvgIpc) is 3.07. The van der Waals surface area contributed by atoms with Crippen LogP contribution in [-0.2, 0) is 6.54 Å². The van der Waals surface area contributed by atoms with Crippen LogP contribution < -0.4 is 11.1 Å². The number of nitrogens with one attached hydrogen (secondary N) is 1. The normalized spacial score (nSPS) is 17.2. The molecule has 3 rings (SSSR count). The number of hydrogen-bond acceptors (Lipinski definition) is 5. The van der Waals surface area contributed by atoms with E-state index in [1.54, 1.807) is 12.1 Å². The van der Waals surface area contributed by atoms with Crippen molar-refractivity contribution in [2.45, 2.75) is 13.0 Å². The zero-order valence-electron chi connectivity index (χ0n) is 14.0. The van der Waals surface area contributed by atoms with Crippen LogP contribution in [-0.4, -0.2) is 35.4 Å². The van der Waals surface area contributed by atoms with Crippen LogP contribution in [0.15, 0.2) is 42.6 Å². The van der Waals surface area contributed by atoms with Gasteiger partial charge in [-0.3, -0.25) is 9.69 Å². The molecule has 1 aliphatic rings. The molecular formula is C19H21N5O. The molecule has 0 spiro atoms. The van der Waals surface area contributed by atoms with Gasteiger partial charge in [-0.2, -0.15) is 5.26 Å². The fourth-order valence-electron chi connectivity index (χ4n) is 3.16. The number of nitrogens with zero attached hydrogens (tertiary/aromatic N) is 3. The molecule has 1 fully saturated rings. The Bertz CT molecular complexity index is 798. The fourth-order valence-corrected chi connectivity index (χ4v) is 3.16. The summed E-state index contributed by atoms with van der Waals surface area (Å²) in [5, 5.41) is 12.2. The molecule has 1 aliphatic heterocycles. The van der Waals surface area contributed by atoms with Gasteiger partial charge >= 0.3 is 0 Å². The van der Waals surface area contributed by atoms with Crippen LogP contribution >= 0.6 is 0 Å². The van der Waals surface area contributed by atoms with Gasteiger partial charge < -0.3 is 11.1 Å². The van der Waals surface area contributed by atoms with Crippen LogP contribution in [0.3, 0.4) is 0 Å². The molecule has 1 unspecified atom stereocenters. The van der Waals surface area contributed by atoms with E-state index in [0.29, 0.717) is 23.8 Å². The first-order valence-electron chi connectivity index (χ1n) is 8.36. The minimum atomic E-state index is -0.123. The van der Waals surface area contributed by atoms with Crippen LogP contribution in [0.2, 0.25) is 0 Å². The summed E-state index contributed by atoms with van der Waals surface area (Å²) in [6.07, 6.45) is 2.57. The number of benzene rings is 1. The minimum absolute atomic E-state index is 0.123. The Morgan fingerprint density at radius 1 is 1.40 bits per heavy atom. The van der Waals surface area contributed by atoms with Crippen molar-refractivity contribution in [3.63, 3.8) is 0 Å². The number of carbonyl (C=O) groups is 1. The molecule has 0 saturated carbocycles. The Morgan fingerprint density at radius 2 is 2.24 bits per heavy atom. The van der Waals surface area contributed by atoms with Gasteiger partial charge in [0.15, 0.2) is 0 Å². The highest BCUT2D eigenvalue weighted by Gasteiger charge is 2.23. The first-order chi connectivity index (χ1) is 12.2. The summed E-state index contributed by atoms with van der Waals surface area (Å²) in [6, 6.07) is 13.2. The van der Waals surface area contributed by atoms with E-state index in [9.17, 15) is 10.1 Å². The largest absolute Gasteiger partial charge is 0.384 e. The highest BCUT2D eigenvalue weighted by molar-refractivity contribution is 5.94. The molecule has 3 N–H and O–H groups in total. The van der Waals surface area contributed by atoms with Crippen molar-refractivity contribution in [2.75, 3.05) is 25.4 Å². The molecule has 128 valence electrons. The molecule has 6 nitrogen and oxygen atoms in total. The number of nitriles is 1. The monoisotopic (exact) mass is 335 g/mol. The number of amides is 1. The number of nitrogen functional groups attached to an aromatic ring is 1. The molecule has 0 aliphatic carbocycles. The Kier molecular flexibility index (Phi) is 5.26. The second-order valence-electron chi connectivity index (χ2n) is 6.34. The zero-order valence-corrected chi connectivity index (χ0v) is 14.0. The van der Waals surface area contributed by atoms with Gasteiger partial charge in [-0.25, -0.2) is 4.98 Å². The smallest absolute Gasteiger partial charge is 0.251 e. The van der Waals surface area contributed by atoms with Crippen LogP contribution in [0.1, 0.15) is 27.9 Å². The van der Waals surface area contributed by atoms with Crippen LogP contribution in [0.4, 0.5) is 5.82 Å². The number of rotatable bonds is 5. The highest BCUT2D eigenvalue weighted by Crippen LogP contribution is 2.19. The quantitative estimate of drug-likeness (QED) is 0.868. The third-order valence-corrected chi connectivity index (χ3v) is 4.50. The topological polar surface area (TPSA) is 95.0 Å². The molecule has 25 heavy (non-hydrogen) atoms. The zero-order chi connectivity index (χ0) is 17.6. The maximum Gasteiger partial charge on any atom is 0.251 e. The average molecular weight is 335 g/mol. The SMILES string of the molecule is N#Cc1ccccc1CN1CCC(CNC(=O)c2ccnc(N)c2)C1. The van der Waals surface area contributed by atoms with Crippen LogP contribution in [0.25, 0.3) is 0 Å². The van der Waals surface area contributed by atoms with Crippen LogP contribution in [0.5, 0.6) is 0 Å². The molecule has 2 heterocycles. The van der Waals surface area contributed by atoms with Crippen molar-refractivity contribution < 1.29 is 4.79 Å². The van der Waals surface area contributed by atoms with Crippen LogP contribution in [0, 0.1) is 17.2 Å². The lowest BCUT2D eigenvalue weighted by molar-refractivity contribution is 0.0947. The molecule has 1 saturated heterocycles. The van der Waals surface area contributed by atoms with Crippen molar-refractivity contribution in [2.24, 2.45) is 5.92 Å². The highest BCUT2D eigenvalue weighted by atomic mass is 16.1. The van der Waals surface area contributed by atoms with Gasteiger partial charge in [0.2, 0.25) is 0 Å². The lowest BCUT2D eigenvalue weighted by Crippen LogP contribution is -2.31. The number of nitrogens with two attached hydrogens (primary N) is 1. The van der Waals surface area contributed by atoms with Gasteiger partial charge in [0, 0.05) is 31.4 Å². The molecule has 0 bridgehead atoms. The Labute approximate surface area is 147 Å². The number of carbonyl (C=O) groups excluding carboxylic acids is 1. The van der Waals surface area contributed by atoms with Crippen molar-refractivity contribution in [1.29, 1.82) is 5.26 Å². The Morgan fingerprint density at radius 3 is 3.04 bits per heavy atom. The Hall–Kier alpha value is -2.91. The standard InChI is InChI=1S/C19H21N5O/c20-10-16-3-1-2-4-17(16)13-24-8-6-14(12-24)11-23-19(25)15-5-7-22-18(21)9-15/h1-5,7,9,14H,6,8,11-13H2,(H2,21,22)(H,23,25). The lowest BCUT2D eigenvalue weighted by Gasteiger charge is -2.17. The van der Waals surface area contributed by atoms with Gasteiger partial charge in [-0.05, 0) is 42.6 Å². The van der Waals surface area contributed by atoms with E-state index in [2.05, 4.69) is 21.3 Å². The van der Waals surface area contributed by atoms with Gasteiger partial charge in [-0.15, -0.1) is 0 Å². The van der Waals surface area contributed by atoms with Crippen molar-refractivity contribution >= 4 is 11.7 Å². The van der Waals surface area contributed by atoms with E-state index >= 15 is 0 Å². The van der Waals surface area contributed by atoms with E-state index in [1.807, 2.05) is 24.3 Å². The summed E-state index contributed by atoms with van der Waals surface area (Å²) < 4.78 is 0. The first-order valence-corrected chi connectivity index (χ1v) is 8.36.